The van der Waals surface area contributed by atoms with Crippen LogP contribution >= 0.6 is 11.6 Å². The number of amides is 4. The average molecular weight is 989 g/mol. The second kappa shape index (κ2) is 22.4. The van der Waals surface area contributed by atoms with Crippen molar-refractivity contribution in [3.63, 3.8) is 0 Å². The topological polar surface area (TPSA) is 176 Å². The lowest BCUT2D eigenvalue weighted by Crippen LogP contribution is -2.60. The van der Waals surface area contributed by atoms with Gasteiger partial charge < -0.3 is 41.0 Å². The number of aromatic nitrogens is 3. The Balaban J connectivity index is 0.687. The molecule has 0 radical (unpaired) electrons. The summed E-state index contributed by atoms with van der Waals surface area (Å²) in [4.78, 5) is 78.7. The van der Waals surface area contributed by atoms with E-state index in [2.05, 4.69) is 46.4 Å². The SMILES string of the molecule is NC1(C(=O)N[C@@H](CCN2CCC(CN3CCN(C(=O)[C@H](NC(=O)c4cccc(C5CCCN(C(=O)C6CC6)C5)c4)C4CCCCC4)CC3)CC2)c2ccc(Cl)cc2)CCN(c2ncnc3[nH]ccc23)CC1. The molecule has 6 heterocycles. The number of rotatable bonds is 15. The fourth-order valence-electron chi connectivity index (χ4n) is 12.2. The Labute approximate surface area is 424 Å². The van der Waals surface area contributed by atoms with E-state index in [-0.39, 0.29) is 41.5 Å². The highest BCUT2D eigenvalue weighted by Crippen LogP contribution is 2.36. The van der Waals surface area contributed by atoms with Crippen LogP contribution in [0.5, 0.6) is 0 Å². The maximum atomic E-state index is 14.4. The van der Waals surface area contributed by atoms with Crippen LogP contribution in [0.4, 0.5) is 5.82 Å². The Morgan fingerprint density at radius 2 is 1.54 bits per heavy atom. The van der Waals surface area contributed by atoms with E-state index in [0.29, 0.717) is 68.0 Å². The van der Waals surface area contributed by atoms with Crippen molar-refractivity contribution in [2.75, 3.05) is 83.4 Å². The molecule has 380 valence electrons. The van der Waals surface area contributed by atoms with Crippen LogP contribution in [-0.4, -0.2) is 148 Å². The first-order chi connectivity index (χ1) is 34.6. The predicted octanol–water partition coefficient (Wildman–Crippen LogP) is 6.51. The molecule has 5 N–H and O–H groups in total. The Morgan fingerprint density at radius 1 is 0.775 bits per heavy atom. The monoisotopic (exact) mass is 988 g/mol. The van der Waals surface area contributed by atoms with Gasteiger partial charge in [0.2, 0.25) is 17.7 Å². The van der Waals surface area contributed by atoms with Crippen molar-refractivity contribution in [1.29, 1.82) is 0 Å². The number of benzene rings is 2. The largest absolute Gasteiger partial charge is 0.356 e. The fraction of sp³-hybridized carbons (Fsp3) is 0.600. The molecule has 3 atom stereocenters. The van der Waals surface area contributed by atoms with Crippen LogP contribution in [-0.2, 0) is 14.4 Å². The van der Waals surface area contributed by atoms with E-state index in [4.69, 9.17) is 17.3 Å². The molecule has 2 aliphatic carbocycles. The Hall–Kier alpha value is -5.09. The number of nitrogens with one attached hydrogen (secondary N) is 3. The maximum Gasteiger partial charge on any atom is 0.251 e. The number of piperidine rings is 3. The zero-order valence-electron chi connectivity index (χ0n) is 41.4. The summed E-state index contributed by atoms with van der Waals surface area (Å²) in [7, 11) is 0. The summed E-state index contributed by atoms with van der Waals surface area (Å²) >= 11 is 6.31. The minimum Gasteiger partial charge on any atom is -0.356 e. The van der Waals surface area contributed by atoms with E-state index >= 15 is 0 Å². The Kier molecular flexibility index (Phi) is 15.6. The lowest BCUT2D eigenvalue weighted by Gasteiger charge is -2.41. The minimum atomic E-state index is -0.986. The van der Waals surface area contributed by atoms with Crippen molar-refractivity contribution in [3.05, 3.63) is 88.8 Å². The third kappa shape index (κ3) is 11.9. The summed E-state index contributed by atoms with van der Waals surface area (Å²) in [5.41, 5.74) is 9.43. The smallest absolute Gasteiger partial charge is 0.251 e. The predicted molar refractivity (Wildman–Crippen MR) is 277 cm³/mol. The minimum absolute atomic E-state index is 0.0630. The summed E-state index contributed by atoms with van der Waals surface area (Å²) in [5.74, 6) is 2.08. The molecule has 4 amide bonds. The lowest BCUT2D eigenvalue weighted by molar-refractivity contribution is -0.137. The molecular formula is C55H74ClN11O4. The van der Waals surface area contributed by atoms with E-state index in [1.807, 2.05) is 64.5 Å². The summed E-state index contributed by atoms with van der Waals surface area (Å²) in [6, 6.07) is 17.0. The molecule has 16 heteroatoms. The molecule has 6 fully saturated rings. The summed E-state index contributed by atoms with van der Waals surface area (Å²) in [5, 5.41) is 8.27. The quantitative estimate of drug-likeness (QED) is 0.103. The molecule has 4 saturated heterocycles. The zero-order valence-corrected chi connectivity index (χ0v) is 42.2. The van der Waals surface area contributed by atoms with Gasteiger partial charge in [-0.05, 0) is 137 Å². The second-order valence-corrected chi connectivity index (χ2v) is 22.2. The number of aromatic amines is 1. The highest BCUT2D eigenvalue weighted by atomic mass is 35.5. The molecule has 6 aliphatic rings. The van der Waals surface area contributed by atoms with Gasteiger partial charge in [-0.25, -0.2) is 9.97 Å². The standard InChI is InChI=1S/C55H74ClN11O4/c56-45-15-13-39(14-16-45)47(61-54(71)55(57)21-28-65(29-22-55)50-46-17-23-58-49(46)59-37-60-50)20-27-63-25-18-38(19-26-63)35-64-30-32-66(33-31-64)53(70)48(40-6-2-1-3-7-40)62-51(68)43-9-4-8-42(34-43)44-10-5-24-67(36-44)52(69)41-11-12-41/h4,8-9,13-17,23,34,37-38,40-41,44,47-48H,1-3,5-7,10-12,18-22,24-33,35-36,57H2,(H,61,71)(H,62,68)(H,58,59,60)/t44?,47-,48+/m0/s1. The number of nitrogens with two attached hydrogens (primary N) is 1. The number of H-pyrrole nitrogens is 1. The van der Waals surface area contributed by atoms with Crippen molar-refractivity contribution >= 4 is 52.1 Å². The van der Waals surface area contributed by atoms with Crippen LogP contribution in [0.15, 0.2) is 67.1 Å². The number of carbonyl (C=O) groups is 4. The molecule has 0 spiro atoms. The first-order valence-corrected chi connectivity index (χ1v) is 27.3. The van der Waals surface area contributed by atoms with E-state index in [1.165, 1.54) is 6.42 Å². The van der Waals surface area contributed by atoms with Gasteiger partial charge in [-0.2, -0.15) is 0 Å². The van der Waals surface area contributed by atoms with E-state index in [0.717, 1.165) is 144 Å². The molecule has 2 aromatic carbocycles. The Bertz CT molecular complexity index is 2470. The van der Waals surface area contributed by atoms with Gasteiger partial charge in [-0.15, -0.1) is 0 Å². The number of hydrogen-bond donors (Lipinski definition) is 4. The number of nitrogens with zero attached hydrogens (tertiary/aromatic N) is 7. The molecule has 4 aliphatic heterocycles. The summed E-state index contributed by atoms with van der Waals surface area (Å²) in [6.07, 6.45) is 16.7. The normalized spacial score (nSPS) is 22.8. The van der Waals surface area contributed by atoms with E-state index < -0.39 is 11.6 Å². The van der Waals surface area contributed by atoms with Gasteiger partial charge >= 0.3 is 0 Å². The molecule has 4 aromatic rings. The molecule has 1 unspecified atom stereocenters. The van der Waals surface area contributed by atoms with E-state index in [9.17, 15) is 19.2 Å². The first-order valence-electron chi connectivity index (χ1n) is 26.9. The van der Waals surface area contributed by atoms with Gasteiger partial charge in [0.25, 0.3) is 5.91 Å². The molecule has 2 saturated carbocycles. The van der Waals surface area contributed by atoms with Crippen LogP contribution in [0.1, 0.15) is 123 Å². The average Bonchev–Trinajstić information content (AvgIpc) is 4.15. The molecule has 71 heavy (non-hydrogen) atoms. The summed E-state index contributed by atoms with van der Waals surface area (Å²) in [6.45, 7) is 9.69. The summed E-state index contributed by atoms with van der Waals surface area (Å²) < 4.78 is 0. The van der Waals surface area contributed by atoms with Crippen molar-refractivity contribution in [1.82, 2.24) is 45.2 Å². The van der Waals surface area contributed by atoms with Crippen molar-refractivity contribution in [2.24, 2.45) is 23.5 Å². The third-order valence-electron chi connectivity index (χ3n) is 16.9. The number of anilines is 1. The maximum absolute atomic E-state index is 14.4. The van der Waals surface area contributed by atoms with Crippen LogP contribution < -0.4 is 21.3 Å². The van der Waals surface area contributed by atoms with Gasteiger partial charge in [-0.3, -0.25) is 24.1 Å². The lowest BCUT2D eigenvalue weighted by atomic mass is 9.83. The van der Waals surface area contributed by atoms with E-state index in [1.54, 1.807) is 6.33 Å². The second-order valence-electron chi connectivity index (χ2n) is 21.7. The highest BCUT2D eigenvalue weighted by molar-refractivity contribution is 6.30. The van der Waals surface area contributed by atoms with Gasteiger partial charge in [0.15, 0.2) is 0 Å². The number of carbonyl (C=O) groups excluding carboxylic acids is 4. The van der Waals surface area contributed by atoms with Gasteiger partial charge in [0, 0.05) is 94.1 Å². The van der Waals surface area contributed by atoms with Crippen LogP contribution in [0.25, 0.3) is 11.0 Å². The molecule has 2 aromatic heterocycles. The molecule has 15 nitrogen and oxygen atoms in total. The van der Waals surface area contributed by atoms with Crippen LogP contribution in [0.3, 0.4) is 0 Å². The fourth-order valence-corrected chi connectivity index (χ4v) is 12.4. The van der Waals surface area contributed by atoms with Gasteiger partial charge in [-0.1, -0.05) is 55.1 Å². The third-order valence-corrected chi connectivity index (χ3v) is 17.2. The molecular weight excluding hydrogens is 914 g/mol. The zero-order chi connectivity index (χ0) is 48.9. The van der Waals surface area contributed by atoms with Crippen molar-refractivity contribution in [3.8, 4) is 0 Å². The van der Waals surface area contributed by atoms with Gasteiger partial charge in [0.05, 0.1) is 17.0 Å². The van der Waals surface area contributed by atoms with Gasteiger partial charge in [0.1, 0.15) is 23.8 Å². The number of halogens is 1. The van der Waals surface area contributed by atoms with Crippen molar-refractivity contribution < 1.29 is 19.2 Å². The first kappa shape index (κ1) is 49.5. The molecule has 0 bridgehead atoms. The van der Waals surface area contributed by atoms with Crippen LogP contribution in [0, 0.1) is 17.8 Å². The highest BCUT2D eigenvalue weighted by Gasteiger charge is 2.41. The number of likely N-dealkylation sites (tertiary alicyclic amines) is 2. The van der Waals surface area contributed by atoms with Crippen LogP contribution in [0.2, 0.25) is 5.02 Å². The van der Waals surface area contributed by atoms with Crippen molar-refractivity contribution in [2.45, 2.75) is 113 Å². The number of hydrogen-bond acceptors (Lipinski definition) is 10. The number of fused-ring (bicyclic) bond motifs is 1. The Morgan fingerprint density at radius 3 is 2.28 bits per heavy atom. The number of piperazine rings is 1. The molecule has 10 rings (SSSR count).